The Balaban J connectivity index is 2.13. The maximum Gasteiger partial charge on any atom is 0.150 e. The molecule has 64 valence electrons. The molecule has 2 atom stereocenters. The van der Waals surface area contributed by atoms with Crippen molar-refractivity contribution in [2.24, 2.45) is 0 Å². The molecular formula is C8H12N4. The van der Waals surface area contributed by atoms with Gasteiger partial charge in [0.2, 0.25) is 0 Å². The minimum atomic E-state index is 0.546. The molecule has 4 heterocycles. The first-order valence-corrected chi connectivity index (χ1v) is 4.39. The van der Waals surface area contributed by atoms with Crippen LogP contribution in [0.15, 0.2) is 0 Å². The Labute approximate surface area is 71.2 Å². The van der Waals surface area contributed by atoms with Crippen LogP contribution in [0.2, 0.25) is 0 Å². The van der Waals surface area contributed by atoms with E-state index in [1.807, 2.05) is 6.92 Å². The van der Waals surface area contributed by atoms with Gasteiger partial charge in [-0.05, 0) is 20.4 Å². The summed E-state index contributed by atoms with van der Waals surface area (Å²) in [6, 6.07) is 1.28. The van der Waals surface area contributed by atoms with Crippen LogP contribution in [0, 0.1) is 6.92 Å². The molecule has 0 aliphatic carbocycles. The second kappa shape index (κ2) is 1.88. The van der Waals surface area contributed by atoms with Gasteiger partial charge >= 0.3 is 0 Å². The van der Waals surface area contributed by atoms with E-state index < -0.39 is 0 Å². The zero-order chi connectivity index (χ0) is 8.29. The largest absolute Gasteiger partial charge is 0.312 e. The van der Waals surface area contributed by atoms with E-state index in [-0.39, 0.29) is 0 Å². The maximum absolute atomic E-state index is 4.20. The lowest BCUT2D eigenvalue weighted by Crippen LogP contribution is -2.54. The summed E-state index contributed by atoms with van der Waals surface area (Å²) in [6.07, 6.45) is 1.27. The Morgan fingerprint density at radius 1 is 1.42 bits per heavy atom. The number of aromatic nitrogens is 3. The second-order valence-electron chi connectivity index (χ2n) is 3.79. The lowest BCUT2D eigenvalue weighted by Gasteiger charge is -2.50. The number of rotatable bonds is 0. The van der Waals surface area contributed by atoms with Crippen LogP contribution in [0.3, 0.4) is 0 Å². The molecular weight excluding hydrogens is 152 g/mol. The molecule has 0 aromatic carbocycles. The highest BCUT2D eigenvalue weighted by molar-refractivity contribution is 5.12. The van der Waals surface area contributed by atoms with Crippen molar-refractivity contribution in [1.82, 2.24) is 19.7 Å². The van der Waals surface area contributed by atoms with Crippen molar-refractivity contribution in [1.29, 1.82) is 0 Å². The first-order chi connectivity index (χ1) is 5.77. The van der Waals surface area contributed by atoms with Gasteiger partial charge in [-0.2, -0.15) is 0 Å². The zero-order valence-electron chi connectivity index (χ0n) is 7.36. The Kier molecular flexibility index (Phi) is 1.03. The fraction of sp³-hybridized carbons (Fsp3) is 0.750. The first-order valence-electron chi connectivity index (χ1n) is 4.39. The maximum atomic E-state index is 4.20. The van der Waals surface area contributed by atoms with E-state index in [2.05, 4.69) is 26.7 Å². The molecule has 3 aliphatic rings. The van der Waals surface area contributed by atoms with Crippen LogP contribution in [-0.2, 0) is 6.54 Å². The minimum absolute atomic E-state index is 0.546. The Hall–Kier alpha value is -0.900. The van der Waals surface area contributed by atoms with E-state index in [4.69, 9.17) is 0 Å². The van der Waals surface area contributed by atoms with Gasteiger partial charge in [0.15, 0.2) is 5.82 Å². The molecule has 2 unspecified atom stereocenters. The predicted octanol–water partition coefficient (Wildman–Crippen LogP) is 0.345. The van der Waals surface area contributed by atoms with Gasteiger partial charge in [0.25, 0.3) is 0 Å². The summed E-state index contributed by atoms with van der Waals surface area (Å²) in [4.78, 5) is 2.39. The molecule has 1 aromatic heterocycles. The fourth-order valence-electron chi connectivity index (χ4n) is 2.28. The van der Waals surface area contributed by atoms with Crippen LogP contribution in [-0.4, -0.2) is 32.8 Å². The third kappa shape index (κ3) is 0.579. The van der Waals surface area contributed by atoms with Crippen LogP contribution < -0.4 is 0 Å². The molecule has 4 rings (SSSR count). The summed E-state index contributed by atoms with van der Waals surface area (Å²) in [7, 11) is 2.17. The first kappa shape index (κ1) is 6.60. The molecule has 3 aliphatic heterocycles. The van der Waals surface area contributed by atoms with Crippen LogP contribution in [0.25, 0.3) is 0 Å². The predicted molar refractivity (Wildman–Crippen MR) is 43.7 cm³/mol. The number of aryl methyl sites for hydroxylation is 1. The van der Waals surface area contributed by atoms with E-state index in [0.717, 1.165) is 24.2 Å². The van der Waals surface area contributed by atoms with Gasteiger partial charge in [-0.1, -0.05) is 0 Å². The lowest BCUT2D eigenvalue weighted by molar-refractivity contribution is -0.00275. The van der Waals surface area contributed by atoms with Crippen molar-refractivity contribution in [3.05, 3.63) is 11.6 Å². The van der Waals surface area contributed by atoms with Gasteiger partial charge in [-0.15, -0.1) is 10.2 Å². The SMILES string of the molecule is Cc1nnc2n1CC1CC2N1C. The van der Waals surface area contributed by atoms with E-state index in [9.17, 15) is 0 Å². The molecule has 1 aromatic rings. The molecule has 1 fully saturated rings. The molecule has 12 heavy (non-hydrogen) atoms. The molecule has 0 radical (unpaired) electrons. The van der Waals surface area contributed by atoms with Crippen LogP contribution >= 0.6 is 0 Å². The van der Waals surface area contributed by atoms with Gasteiger partial charge in [0.1, 0.15) is 5.82 Å². The van der Waals surface area contributed by atoms with Crippen molar-refractivity contribution in [2.45, 2.75) is 32.0 Å². The third-order valence-electron chi connectivity index (χ3n) is 3.22. The molecule has 1 saturated heterocycles. The third-order valence-corrected chi connectivity index (χ3v) is 3.22. The van der Waals surface area contributed by atoms with E-state index in [1.165, 1.54) is 6.42 Å². The zero-order valence-corrected chi connectivity index (χ0v) is 7.36. The summed E-state index contributed by atoms with van der Waals surface area (Å²) in [5, 5.41) is 8.29. The molecule has 0 spiro atoms. The highest BCUT2D eigenvalue weighted by Crippen LogP contribution is 2.41. The van der Waals surface area contributed by atoms with Gasteiger partial charge in [0.05, 0.1) is 6.04 Å². The smallest absolute Gasteiger partial charge is 0.150 e. The highest BCUT2D eigenvalue weighted by atomic mass is 15.4. The average molecular weight is 164 g/mol. The van der Waals surface area contributed by atoms with Crippen LogP contribution in [0.5, 0.6) is 0 Å². The van der Waals surface area contributed by atoms with Crippen molar-refractivity contribution in [2.75, 3.05) is 7.05 Å². The van der Waals surface area contributed by atoms with E-state index >= 15 is 0 Å². The molecule has 0 saturated carbocycles. The Morgan fingerprint density at radius 3 is 3.00 bits per heavy atom. The summed E-state index contributed by atoms with van der Waals surface area (Å²) < 4.78 is 2.25. The van der Waals surface area contributed by atoms with Gasteiger partial charge in [-0.25, -0.2) is 0 Å². The van der Waals surface area contributed by atoms with Gasteiger partial charge in [0, 0.05) is 12.6 Å². The standard InChI is InChI=1S/C8H12N4/c1-5-9-10-8-7-3-6(11(7)2)4-12(5)8/h6-7H,3-4H2,1-2H3. The molecule has 0 N–H and O–H groups in total. The highest BCUT2D eigenvalue weighted by Gasteiger charge is 2.44. The van der Waals surface area contributed by atoms with Crippen molar-refractivity contribution in [3.63, 3.8) is 0 Å². The van der Waals surface area contributed by atoms with Gasteiger partial charge in [-0.3, -0.25) is 4.90 Å². The van der Waals surface area contributed by atoms with Crippen LogP contribution in [0.4, 0.5) is 0 Å². The van der Waals surface area contributed by atoms with Gasteiger partial charge < -0.3 is 4.57 Å². The fourth-order valence-corrected chi connectivity index (χ4v) is 2.28. The number of hydrogen-bond donors (Lipinski definition) is 0. The molecule has 4 nitrogen and oxygen atoms in total. The number of likely N-dealkylation sites (N-methyl/N-ethyl adjacent to an activating group) is 1. The average Bonchev–Trinajstić information content (AvgIpc) is 2.47. The van der Waals surface area contributed by atoms with E-state index in [1.54, 1.807) is 0 Å². The van der Waals surface area contributed by atoms with Crippen molar-refractivity contribution in [3.8, 4) is 0 Å². The lowest BCUT2D eigenvalue weighted by atomic mass is 9.89. The Bertz CT molecular complexity index is 330. The van der Waals surface area contributed by atoms with Crippen molar-refractivity contribution < 1.29 is 0 Å². The van der Waals surface area contributed by atoms with E-state index in [0.29, 0.717) is 6.04 Å². The monoisotopic (exact) mass is 164 g/mol. The van der Waals surface area contributed by atoms with Crippen molar-refractivity contribution >= 4 is 0 Å². The minimum Gasteiger partial charge on any atom is -0.312 e. The molecule has 4 heteroatoms. The molecule has 2 bridgehead atoms. The number of nitrogens with zero attached hydrogens (tertiary/aromatic N) is 4. The van der Waals surface area contributed by atoms with Crippen LogP contribution in [0.1, 0.15) is 24.1 Å². The summed E-state index contributed by atoms with van der Waals surface area (Å²) in [5.41, 5.74) is 0. The summed E-state index contributed by atoms with van der Waals surface area (Å²) >= 11 is 0. The second-order valence-corrected chi connectivity index (χ2v) is 3.79. The normalized spacial score (nSPS) is 32.8. The summed E-state index contributed by atoms with van der Waals surface area (Å²) in [5.74, 6) is 2.23. The number of hydrogen-bond acceptors (Lipinski definition) is 3. The molecule has 0 amide bonds. The summed E-state index contributed by atoms with van der Waals surface area (Å²) in [6.45, 7) is 3.11. The topological polar surface area (TPSA) is 34.0 Å². The Morgan fingerprint density at radius 2 is 2.25 bits per heavy atom. The quantitative estimate of drug-likeness (QED) is 0.554.